The largest absolute Gasteiger partial charge is 0.259 e. The molecule has 3 aromatic heterocycles. The number of tetrazole rings is 1. The Kier molecular flexibility index (Phi) is 3.82. The average molecular weight is 304 g/mol. The molecule has 0 radical (unpaired) electrons. The molecule has 0 fully saturated rings. The van der Waals surface area contributed by atoms with Gasteiger partial charge in [0.2, 0.25) is 0 Å². The summed E-state index contributed by atoms with van der Waals surface area (Å²) in [6.45, 7) is 6.90. The topological polar surface area (TPSA) is 86.7 Å². The standard InChI is InChI=1S/C12H16N8S/c1-4-5-19-10(14-17-18-19)7-21-12-16-15-11-13-8(2)6-9(3)20(11)12/h6H,4-5,7H2,1-3H3. The lowest BCUT2D eigenvalue weighted by molar-refractivity contribution is 0.564. The first-order valence-corrected chi connectivity index (χ1v) is 7.75. The quantitative estimate of drug-likeness (QED) is 0.659. The van der Waals surface area contributed by atoms with E-state index in [0.29, 0.717) is 11.5 Å². The molecule has 0 amide bonds. The Morgan fingerprint density at radius 2 is 2.05 bits per heavy atom. The van der Waals surface area contributed by atoms with Gasteiger partial charge in [-0.2, -0.15) is 0 Å². The molecule has 0 unspecified atom stereocenters. The number of fused-ring (bicyclic) bond motifs is 1. The summed E-state index contributed by atoms with van der Waals surface area (Å²) in [4.78, 5) is 4.38. The Balaban J connectivity index is 1.84. The van der Waals surface area contributed by atoms with Crippen LogP contribution < -0.4 is 0 Å². The molecule has 110 valence electrons. The summed E-state index contributed by atoms with van der Waals surface area (Å²) in [7, 11) is 0. The lowest BCUT2D eigenvalue weighted by Crippen LogP contribution is -2.04. The van der Waals surface area contributed by atoms with Crippen molar-refractivity contribution in [2.45, 2.75) is 44.6 Å². The van der Waals surface area contributed by atoms with Crippen LogP contribution in [0.4, 0.5) is 0 Å². The molecule has 3 rings (SSSR count). The highest BCUT2D eigenvalue weighted by atomic mass is 32.2. The number of aryl methyl sites for hydroxylation is 3. The third kappa shape index (κ3) is 2.73. The van der Waals surface area contributed by atoms with E-state index in [1.807, 2.05) is 29.0 Å². The molecule has 21 heavy (non-hydrogen) atoms. The van der Waals surface area contributed by atoms with Gasteiger partial charge in [-0.05, 0) is 36.8 Å². The highest BCUT2D eigenvalue weighted by Gasteiger charge is 2.12. The highest BCUT2D eigenvalue weighted by Crippen LogP contribution is 2.21. The van der Waals surface area contributed by atoms with Crippen LogP contribution in [0.5, 0.6) is 0 Å². The number of rotatable bonds is 5. The minimum atomic E-state index is 0.628. The predicted molar refractivity (Wildman–Crippen MR) is 77.9 cm³/mol. The first-order chi connectivity index (χ1) is 10.2. The van der Waals surface area contributed by atoms with Crippen LogP contribution in [0, 0.1) is 13.8 Å². The van der Waals surface area contributed by atoms with Gasteiger partial charge < -0.3 is 0 Å². The molecule has 0 atom stereocenters. The first-order valence-electron chi connectivity index (χ1n) is 6.76. The van der Waals surface area contributed by atoms with E-state index in [-0.39, 0.29) is 0 Å². The van der Waals surface area contributed by atoms with Crippen molar-refractivity contribution in [1.82, 2.24) is 39.8 Å². The van der Waals surface area contributed by atoms with Gasteiger partial charge >= 0.3 is 0 Å². The number of aromatic nitrogens is 8. The Bertz CT molecular complexity index is 762. The zero-order chi connectivity index (χ0) is 14.8. The van der Waals surface area contributed by atoms with Gasteiger partial charge in [-0.15, -0.1) is 15.3 Å². The second-order valence-electron chi connectivity index (χ2n) is 4.76. The van der Waals surface area contributed by atoms with Crippen LogP contribution in [0.25, 0.3) is 5.78 Å². The monoisotopic (exact) mass is 304 g/mol. The van der Waals surface area contributed by atoms with Crippen molar-refractivity contribution in [3.63, 3.8) is 0 Å². The SMILES string of the molecule is CCCn1nnnc1CSc1nnc2nc(C)cc(C)n12. The van der Waals surface area contributed by atoms with Crippen LogP contribution >= 0.6 is 11.8 Å². The molecule has 8 nitrogen and oxygen atoms in total. The van der Waals surface area contributed by atoms with E-state index < -0.39 is 0 Å². The van der Waals surface area contributed by atoms with Crippen molar-refractivity contribution in [2.24, 2.45) is 0 Å². The van der Waals surface area contributed by atoms with Gasteiger partial charge in [0.05, 0.1) is 5.75 Å². The van der Waals surface area contributed by atoms with Gasteiger partial charge in [0.25, 0.3) is 5.78 Å². The molecule has 9 heteroatoms. The third-order valence-corrected chi connectivity index (χ3v) is 3.96. The van der Waals surface area contributed by atoms with Crippen molar-refractivity contribution in [3.05, 3.63) is 23.3 Å². The minimum absolute atomic E-state index is 0.628. The van der Waals surface area contributed by atoms with Gasteiger partial charge in [-0.25, -0.2) is 9.67 Å². The summed E-state index contributed by atoms with van der Waals surface area (Å²) in [6.07, 6.45) is 0.999. The molecular formula is C12H16N8S. The van der Waals surface area contributed by atoms with Crippen molar-refractivity contribution < 1.29 is 0 Å². The number of nitrogens with zero attached hydrogens (tertiary/aromatic N) is 8. The summed E-state index contributed by atoms with van der Waals surface area (Å²) in [5.41, 5.74) is 2.01. The summed E-state index contributed by atoms with van der Waals surface area (Å²) < 4.78 is 3.77. The fourth-order valence-electron chi connectivity index (χ4n) is 2.13. The maximum absolute atomic E-state index is 4.38. The van der Waals surface area contributed by atoms with Crippen LogP contribution in [0.2, 0.25) is 0 Å². The molecule has 0 saturated carbocycles. The van der Waals surface area contributed by atoms with E-state index >= 15 is 0 Å². The van der Waals surface area contributed by atoms with Gasteiger partial charge in [0.15, 0.2) is 11.0 Å². The van der Waals surface area contributed by atoms with Gasteiger partial charge in [-0.1, -0.05) is 18.7 Å². The van der Waals surface area contributed by atoms with E-state index in [0.717, 1.165) is 35.3 Å². The Morgan fingerprint density at radius 3 is 2.86 bits per heavy atom. The second kappa shape index (κ2) is 5.76. The van der Waals surface area contributed by atoms with Crippen LogP contribution in [0.3, 0.4) is 0 Å². The predicted octanol–water partition coefficient (Wildman–Crippen LogP) is 1.43. The van der Waals surface area contributed by atoms with Crippen molar-refractivity contribution in [3.8, 4) is 0 Å². The van der Waals surface area contributed by atoms with Crippen LogP contribution in [-0.4, -0.2) is 39.8 Å². The first kappa shape index (κ1) is 13.9. The Hall–Kier alpha value is -2.03. The molecule has 0 aliphatic rings. The summed E-state index contributed by atoms with van der Waals surface area (Å²) in [5.74, 6) is 2.13. The molecular weight excluding hydrogens is 288 g/mol. The maximum atomic E-state index is 4.38. The lowest BCUT2D eigenvalue weighted by atomic mass is 10.3. The average Bonchev–Trinajstić information content (AvgIpc) is 3.03. The fourth-order valence-corrected chi connectivity index (χ4v) is 3.05. The second-order valence-corrected chi connectivity index (χ2v) is 5.71. The van der Waals surface area contributed by atoms with E-state index in [1.165, 1.54) is 0 Å². The number of hydrogen-bond acceptors (Lipinski definition) is 7. The molecule has 3 heterocycles. The van der Waals surface area contributed by atoms with Crippen LogP contribution in [0.15, 0.2) is 11.2 Å². The minimum Gasteiger partial charge on any atom is -0.259 e. The lowest BCUT2D eigenvalue weighted by Gasteiger charge is -2.04. The molecule has 0 saturated heterocycles. The number of thioether (sulfide) groups is 1. The zero-order valence-corrected chi connectivity index (χ0v) is 13.0. The molecule has 0 spiro atoms. The van der Waals surface area contributed by atoms with Crippen LogP contribution in [0.1, 0.15) is 30.6 Å². The molecule has 0 bridgehead atoms. The molecule has 0 aliphatic carbocycles. The van der Waals surface area contributed by atoms with Crippen LogP contribution in [-0.2, 0) is 12.3 Å². The highest BCUT2D eigenvalue weighted by molar-refractivity contribution is 7.98. The fraction of sp³-hybridized carbons (Fsp3) is 0.500. The molecule has 0 aromatic carbocycles. The van der Waals surface area contributed by atoms with Crippen molar-refractivity contribution in [2.75, 3.05) is 0 Å². The van der Waals surface area contributed by atoms with Crippen molar-refractivity contribution in [1.29, 1.82) is 0 Å². The summed E-state index contributed by atoms with van der Waals surface area (Å²) in [5, 5.41) is 20.9. The summed E-state index contributed by atoms with van der Waals surface area (Å²) in [6, 6.07) is 2.02. The van der Waals surface area contributed by atoms with E-state index in [1.54, 1.807) is 11.8 Å². The van der Waals surface area contributed by atoms with E-state index in [2.05, 4.69) is 37.6 Å². The summed E-state index contributed by atoms with van der Waals surface area (Å²) >= 11 is 1.56. The smallest absolute Gasteiger partial charge is 0.256 e. The Labute approximate surface area is 126 Å². The van der Waals surface area contributed by atoms with E-state index in [9.17, 15) is 0 Å². The molecule has 3 aromatic rings. The molecule has 0 N–H and O–H groups in total. The molecule has 0 aliphatic heterocycles. The van der Waals surface area contributed by atoms with Gasteiger partial charge in [0, 0.05) is 17.9 Å². The van der Waals surface area contributed by atoms with Crippen molar-refractivity contribution >= 4 is 17.5 Å². The zero-order valence-electron chi connectivity index (χ0n) is 12.2. The Morgan fingerprint density at radius 1 is 1.19 bits per heavy atom. The number of hydrogen-bond donors (Lipinski definition) is 0. The maximum Gasteiger partial charge on any atom is 0.256 e. The third-order valence-electron chi connectivity index (χ3n) is 3.03. The van der Waals surface area contributed by atoms with E-state index in [4.69, 9.17) is 0 Å². The normalized spacial score (nSPS) is 11.4. The van der Waals surface area contributed by atoms with Gasteiger partial charge in [-0.3, -0.25) is 4.40 Å². The van der Waals surface area contributed by atoms with Gasteiger partial charge in [0.1, 0.15) is 0 Å².